The maximum absolute atomic E-state index is 12.3. The minimum absolute atomic E-state index is 0.0660. The molecule has 3 rings (SSSR count). The molecule has 1 aliphatic carbocycles. The molecule has 0 saturated heterocycles. The molecule has 24 heavy (non-hydrogen) atoms. The molecule has 126 valence electrons. The van der Waals surface area contributed by atoms with Crippen LogP contribution in [0.25, 0.3) is 0 Å². The second-order valence-electron chi connectivity index (χ2n) is 6.52. The van der Waals surface area contributed by atoms with E-state index in [2.05, 4.69) is 50.8 Å². The van der Waals surface area contributed by atoms with E-state index in [1.807, 2.05) is 30.3 Å². The number of hydrogen-bond donors (Lipinski definition) is 2. The van der Waals surface area contributed by atoms with E-state index in [1.54, 1.807) is 0 Å². The molecular formula is C20H23BrN2O. The van der Waals surface area contributed by atoms with Gasteiger partial charge in [0.05, 0.1) is 0 Å². The van der Waals surface area contributed by atoms with Crippen molar-refractivity contribution in [3.05, 3.63) is 64.6 Å². The van der Waals surface area contributed by atoms with Crippen LogP contribution in [0.2, 0.25) is 0 Å². The van der Waals surface area contributed by atoms with Crippen LogP contribution in [0.4, 0.5) is 10.5 Å². The molecule has 0 bridgehead atoms. The van der Waals surface area contributed by atoms with Crippen LogP contribution in [0.15, 0.2) is 59.1 Å². The summed E-state index contributed by atoms with van der Waals surface area (Å²) in [5.41, 5.74) is 2.21. The lowest BCUT2D eigenvalue weighted by Gasteiger charge is -2.38. The molecule has 1 fully saturated rings. The van der Waals surface area contributed by atoms with Crippen LogP contribution >= 0.6 is 15.9 Å². The Bertz CT molecular complexity index is 664. The van der Waals surface area contributed by atoms with Gasteiger partial charge in [0.2, 0.25) is 0 Å². The molecule has 4 heteroatoms. The van der Waals surface area contributed by atoms with Gasteiger partial charge in [-0.2, -0.15) is 0 Å². The van der Waals surface area contributed by atoms with E-state index >= 15 is 0 Å². The standard InChI is InChI=1S/C20H23BrN2O/c21-17-9-11-18(12-10-17)23-19(24)22-15-20(13-5-2-6-14-20)16-7-3-1-4-8-16/h1,3-4,7-12H,2,5-6,13-15H2,(H2,22,23,24). The fourth-order valence-corrected chi connectivity index (χ4v) is 3.81. The van der Waals surface area contributed by atoms with Crippen molar-refractivity contribution in [1.82, 2.24) is 5.32 Å². The topological polar surface area (TPSA) is 41.1 Å². The zero-order valence-corrected chi connectivity index (χ0v) is 15.3. The van der Waals surface area contributed by atoms with Gasteiger partial charge >= 0.3 is 6.03 Å². The van der Waals surface area contributed by atoms with E-state index in [0.717, 1.165) is 23.0 Å². The summed E-state index contributed by atoms with van der Waals surface area (Å²) in [6, 6.07) is 18.1. The number of nitrogens with one attached hydrogen (secondary N) is 2. The monoisotopic (exact) mass is 386 g/mol. The SMILES string of the molecule is O=C(NCC1(c2ccccc2)CCCCC1)Nc1ccc(Br)cc1. The van der Waals surface area contributed by atoms with Crippen molar-refractivity contribution >= 4 is 27.6 Å². The Morgan fingerprint density at radius 2 is 1.62 bits per heavy atom. The van der Waals surface area contributed by atoms with Crippen LogP contribution in [-0.4, -0.2) is 12.6 Å². The largest absolute Gasteiger partial charge is 0.337 e. The maximum atomic E-state index is 12.3. The summed E-state index contributed by atoms with van der Waals surface area (Å²) in [7, 11) is 0. The Hall–Kier alpha value is -1.81. The highest BCUT2D eigenvalue weighted by Gasteiger charge is 2.34. The van der Waals surface area contributed by atoms with Gasteiger partial charge in [-0.05, 0) is 42.7 Å². The number of hydrogen-bond acceptors (Lipinski definition) is 1. The summed E-state index contributed by atoms with van der Waals surface area (Å²) in [6.45, 7) is 0.680. The van der Waals surface area contributed by atoms with Crippen molar-refractivity contribution in [2.75, 3.05) is 11.9 Å². The fourth-order valence-electron chi connectivity index (χ4n) is 3.55. The van der Waals surface area contributed by atoms with Crippen LogP contribution in [0.3, 0.4) is 0 Å². The van der Waals surface area contributed by atoms with Gasteiger partial charge in [-0.1, -0.05) is 65.5 Å². The van der Waals surface area contributed by atoms with Crippen LogP contribution in [0.1, 0.15) is 37.7 Å². The average molecular weight is 387 g/mol. The second kappa shape index (κ2) is 7.84. The first-order valence-corrected chi connectivity index (χ1v) is 9.33. The van der Waals surface area contributed by atoms with Crippen LogP contribution in [-0.2, 0) is 5.41 Å². The fraction of sp³-hybridized carbons (Fsp3) is 0.350. The molecule has 0 spiro atoms. The number of anilines is 1. The minimum Gasteiger partial charge on any atom is -0.337 e. The van der Waals surface area contributed by atoms with E-state index in [9.17, 15) is 4.79 Å². The number of benzene rings is 2. The molecule has 2 aromatic carbocycles. The third-order valence-electron chi connectivity index (χ3n) is 4.89. The zero-order chi connectivity index (χ0) is 16.8. The summed E-state index contributed by atoms with van der Waals surface area (Å²) in [5.74, 6) is 0. The van der Waals surface area contributed by atoms with Gasteiger partial charge in [-0.15, -0.1) is 0 Å². The van der Waals surface area contributed by atoms with Crippen molar-refractivity contribution in [2.45, 2.75) is 37.5 Å². The first-order chi connectivity index (χ1) is 11.7. The summed E-state index contributed by atoms with van der Waals surface area (Å²) in [4.78, 5) is 12.3. The smallest absolute Gasteiger partial charge is 0.319 e. The van der Waals surface area contributed by atoms with Gasteiger partial charge < -0.3 is 10.6 Å². The number of halogens is 1. The molecule has 2 amide bonds. The van der Waals surface area contributed by atoms with Gasteiger partial charge in [0.25, 0.3) is 0 Å². The lowest BCUT2D eigenvalue weighted by molar-refractivity contribution is 0.240. The quantitative estimate of drug-likeness (QED) is 0.717. The highest BCUT2D eigenvalue weighted by atomic mass is 79.9. The third kappa shape index (κ3) is 4.18. The predicted octanol–water partition coefficient (Wildman–Crippen LogP) is 5.47. The zero-order valence-electron chi connectivity index (χ0n) is 13.7. The summed E-state index contributed by atoms with van der Waals surface area (Å²) < 4.78 is 0.999. The molecule has 0 radical (unpaired) electrons. The van der Waals surface area contributed by atoms with Crippen molar-refractivity contribution in [1.29, 1.82) is 0 Å². The molecular weight excluding hydrogens is 364 g/mol. The number of rotatable bonds is 4. The molecule has 0 aliphatic heterocycles. The Balaban J connectivity index is 1.65. The molecule has 3 nitrogen and oxygen atoms in total. The van der Waals surface area contributed by atoms with Crippen molar-refractivity contribution < 1.29 is 4.79 Å². The van der Waals surface area contributed by atoms with E-state index in [1.165, 1.54) is 24.8 Å². The van der Waals surface area contributed by atoms with E-state index in [0.29, 0.717) is 6.54 Å². The molecule has 0 atom stereocenters. The first-order valence-electron chi connectivity index (χ1n) is 8.54. The van der Waals surface area contributed by atoms with Gasteiger partial charge in [-0.3, -0.25) is 0 Å². The minimum atomic E-state index is -0.141. The highest BCUT2D eigenvalue weighted by Crippen LogP contribution is 2.38. The molecule has 1 aliphatic rings. The van der Waals surface area contributed by atoms with Crippen molar-refractivity contribution in [3.63, 3.8) is 0 Å². The lowest BCUT2D eigenvalue weighted by Crippen LogP contribution is -2.43. The van der Waals surface area contributed by atoms with E-state index in [-0.39, 0.29) is 11.4 Å². The lowest BCUT2D eigenvalue weighted by atomic mass is 9.69. The van der Waals surface area contributed by atoms with E-state index < -0.39 is 0 Å². The summed E-state index contributed by atoms with van der Waals surface area (Å²) >= 11 is 3.40. The highest BCUT2D eigenvalue weighted by molar-refractivity contribution is 9.10. The maximum Gasteiger partial charge on any atom is 0.319 e. The molecule has 0 unspecified atom stereocenters. The molecule has 2 N–H and O–H groups in total. The number of carbonyl (C=O) groups is 1. The van der Waals surface area contributed by atoms with Gasteiger partial charge in [-0.25, -0.2) is 4.79 Å². The Morgan fingerprint density at radius 3 is 2.29 bits per heavy atom. The first kappa shape index (κ1) is 17.0. The number of carbonyl (C=O) groups excluding carboxylic acids is 1. The average Bonchev–Trinajstić information content (AvgIpc) is 2.63. The van der Waals surface area contributed by atoms with Gasteiger partial charge in [0, 0.05) is 22.1 Å². The molecule has 0 aromatic heterocycles. The molecule has 0 heterocycles. The van der Waals surface area contributed by atoms with Gasteiger partial charge in [0.15, 0.2) is 0 Å². The number of amides is 2. The van der Waals surface area contributed by atoms with Crippen LogP contribution in [0.5, 0.6) is 0 Å². The Labute approximate surface area is 152 Å². The third-order valence-corrected chi connectivity index (χ3v) is 5.41. The normalized spacial score (nSPS) is 16.4. The molecule has 2 aromatic rings. The molecule has 1 saturated carbocycles. The van der Waals surface area contributed by atoms with Crippen molar-refractivity contribution in [3.8, 4) is 0 Å². The van der Waals surface area contributed by atoms with Gasteiger partial charge in [0.1, 0.15) is 0 Å². The van der Waals surface area contributed by atoms with Crippen molar-refractivity contribution in [2.24, 2.45) is 0 Å². The number of urea groups is 1. The van der Waals surface area contributed by atoms with Crippen LogP contribution < -0.4 is 10.6 Å². The Morgan fingerprint density at radius 1 is 0.958 bits per heavy atom. The summed E-state index contributed by atoms with van der Waals surface area (Å²) in [6.07, 6.45) is 6.01. The summed E-state index contributed by atoms with van der Waals surface area (Å²) in [5, 5.41) is 6.00. The van der Waals surface area contributed by atoms with E-state index in [4.69, 9.17) is 0 Å². The predicted molar refractivity (Wildman–Crippen MR) is 102 cm³/mol. The van der Waals surface area contributed by atoms with Crippen LogP contribution in [0, 0.1) is 0 Å². The second-order valence-corrected chi connectivity index (χ2v) is 7.44. The Kier molecular flexibility index (Phi) is 5.56.